The first-order chi connectivity index (χ1) is 12.1. The van der Waals surface area contributed by atoms with Crippen molar-refractivity contribution < 1.29 is 10.2 Å². The molecule has 1 aromatic heterocycles. The molecule has 0 aliphatic heterocycles. The summed E-state index contributed by atoms with van der Waals surface area (Å²) in [7, 11) is 0. The highest BCUT2D eigenvalue weighted by Crippen LogP contribution is 2.31. The molecule has 2 N–H and O–H groups in total. The molecule has 0 saturated carbocycles. The minimum Gasteiger partial charge on any atom is -0.508 e. The van der Waals surface area contributed by atoms with Crippen LogP contribution in [0.25, 0.3) is 5.57 Å². The number of aromatic hydroxyl groups is 2. The van der Waals surface area contributed by atoms with Crippen molar-refractivity contribution >= 4 is 5.57 Å². The van der Waals surface area contributed by atoms with Crippen LogP contribution in [-0.2, 0) is 6.42 Å². The van der Waals surface area contributed by atoms with E-state index >= 15 is 0 Å². The van der Waals surface area contributed by atoms with Gasteiger partial charge in [-0.2, -0.15) is 0 Å². The van der Waals surface area contributed by atoms with Crippen molar-refractivity contribution in [2.45, 2.75) is 19.8 Å². The largest absolute Gasteiger partial charge is 0.508 e. The van der Waals surface area contributed by atoms with Crippen LogP contribution in [0, 0.1) is 0 Å². The number of benzene rings is 2. The third-order valence-electron chi connectivity index (χ3n) is 4.25. The number of rotatable bonds is 5. The monoisotopic (exact) mass is 331 g/mol. The fourth-order valence-electron chi connectivity index (χ4n) is 2.92. The van der Waals surface area contributed by atoms with Crippen molar-refractivity contribution in [2.24, 2.45) is 0 Å². The lowest BCUT2D eigenvalue weighted by Gasteiger charge is -2.14. The van der Waals surface area contributed by atoms with E-state index < -0.39 is 0 Å². The smallest absolute Gasteiger partial charge is 0.115 e. The molecular formula is C22H21NO2. The van der Waals surface area contributed by atoms with E-state index in [1.54, 1.807) is 30.5 Å². The van der Waals surface area contributed by atoms with Crippen LogP contribution in [-0.4, -0.2) is 15.2 Å². The van der Waals surface area contributed by atoms with Crippen LogP contribution in [0.15, 0.2) is 78.6 Å². The Morgan fingerprint density at radius 1 is 0.840 bits per heavy atom. The van der Waals surface area contributed by atoms with Gasteiger partial charge >= 0.3 is 0 Å². The minimum absolute atomic E-state index is 0.252. The highest BCUT2D eigenvalue weighted by molar-refractivity contribution is 5.82. The van der Waals surface area contributed by atoms with Crippen molar-refractivity contribution in [1.82, 2.24) is 4.98 Å². The van der Waals surface area contributed by atoms with Crippen LogP contribution >= 0.6 is 0 Å². The zero-order valence-corrected chi connectivity index (χ0v) is 14.2. The molecule has 0 saturated heterocycles. The predicted molar refractivity (Wildman–Crippen MR) is 100 cm³/mol. The number of aryl methyl sites for hydroxylation is 1. The lowest BCUT2D eigenvalue weighted by atomic mass is 9.91. The van der Waals surface area contributed by atoms with E-state index in [1.165, 1.54) is 11.1 Å². The molecular weight excluding hydrogens is 310 g/mol. The van der Waals surface area contributed by atoms with Gasteiger partial charge in [0.1, 0.15) is 11.5 Å². The molecule has 0 unspecified atom stereocenters. The Balaban J connectivity index is 1.96. The second-order valence-corrected chi connectivity index (χ2v) is 6.11. The third kappa shape index (κ3) is 4.27. The van der Waals surface area contributed by atoms with E-state index in [1.807, 2.05) is 36.5 Å². The summed E-state index contributed by atoms with van der Waals surface area (Å²) in [6.07, 6.45) is 5.50. The summed E-state index contributed by atoms with van der Waals surface area (Å²) in [6, 6.07) is 18.5. The van der Waals surface area contributed by atoms with Gasteiger partial charge in [0.05, 0.1) is 0 Å². The van der Waals surface area contributed by atoms with Gasteiger partial charge in [-0.3, -0.25) is 4.98 Å². The van der Waals surface area contributed by atoms with Crippen LogP contribution in [0.4, 0.5) is 0 Å². The lowest BCUT2D eigenvalue weighted by molar-refractivity contribution is 0.475. The molecule has 0 bridgehead atoms. The number of nitrogens with zero attached hydrogens (tertiary/aromatic N) is 1. The molecule has 0 amide bonds. The van der Waals surface area contributed by atoms with Gasteiger partial charge in [0, 0.05) is 12.4 Å². The number of phenols is 2. The van der Waals surface area contributed by atoms with Gasteiger partial charge in [0.25, 0.3) is 0 Å². The van der Waals surface area contributed by atoms with Gasteiger partial charge in [-0.25, -0.2) is 0 Å². The van der Waals surface area contributed by atoms with Crippen molar-refractivity contribution in [3.8, 4) is 11.5 Å². The van der Waals surface area contributed by atoms with E-state index in [0.29, 0.717) is 0 Å². The van der Waals surface area contributed by atoms with Crippen molar-refractivity contribution in [3.63, 3.8) is 0 Å². The summed E-state index contributed by atoms with van der Waals surface area (Å²) in [5, 5.41) is 19.2. The Morgan fingerprint density at radius 3 is 1.88 bits per heavy atom. The summed E-state index contributed by atoms with van der Waals surface area (Å²) < 4.78 is 0. The Labute approximate surface area is 147 Å². The fraction of sp³-hybridized carbons (Fsp3) is 0.136. The van der Waals surface area contributed by atoms with Gasteiger partial charge in [-0.15, -0.1) is 0 Å². The molecule has 0 aliphatic carbocycles. The molecule has 1 heterocycles. The topological polar surface area (TPSA) is 53.4 Å². The first-order valence-electron chi connectivity index (χ1n) is 8.31. The number of hydrogen-bond acceptors (Lipinski definition) is 3. The minimum atomic E-state index is 0.252. The molecule has 126 valence electrons. The average Bonchev–Trinajstić information content (AvgIpc) is 2.64. The maximum Gasteiger partial charge on any atom is 0.115 e. The fourth-order valence-corrected chi connectivity index (χ4v) is 2.92. The summed E-state index contributed by atoms with van der Waals surface area (Å²) >= 11 is 0. The summed E-state index contributed by atoms with van der Waals surface area (Å²) in [6.45, 7) is 2.13. The molecule has 0 fully saturated rings. The van der Waals surface area contributed by atoms with Crippen LogP contribution in [0.5, 0.6) is 11.5 Å². The number of phenolic OH excluding ortho intramolecular Hbond substituents is 2. The molecule has 3 nitrogen and oxygen atoms in total. The van der Waals surface area contributed by atoms with Gasteiger partial charge in [-0.1, -0.05) is 35.9 Å². The van der Waals surface area contributed by atoms with Crippen LogP contribution in [0.3, 0.4) is 0 Å². The second-order valence-electron chi connectivity index (χ2n) is 6.11. The van der Waals surface area contributed by atoms with Crippen molar-refractivity contribution in [1.29, 1.82) is 0 Å². The average molecular weight is 331 g/mol. The second kappa shape index (κ2) is 7.67. The van der Waals surface area contributed by atoms with Crippen LogP contribution in [0.1, 0.15) is 30.0 Å². The van der Waals surface area contributed by atoms with Gasteiger partial charge in [0.2, 0.25) is 0 Å². The van der Waals surface area contributed by atoms with E-state index in [9.17, 15) is 10.2 Å². The number of hydrogen-bond donors (Lipinski definition) is 2. The summed E-state index contributed by atoms with van der Waals surface area (Å²) in [5.41, 5.74) is 5.68. The molecule has 3 rings (SSSR count). The van der Waals surface area contributed by atoms with E-state index in [4.69, 9.17) is 0 Å². The molecule has 0 spiro atoms. The first-order valence-corrected chi connectivity index (χ1v) is 8.31. The third-order valence-corrected chi connectivity index (χ3v) is 4.25. The maximum atomic E-state index is 9.58. The summed E-state index contributed by atoms with van der Waals surface area (Å²) in [4.78, 5) is 4.17. The number of allylic oxidation sites excluding steroid dienone is 1. The Bertz CT molecular complexity index is 803. The number of pyridine rings is 1. The Kier molecular flexibility index (Phi) is 5.14. The maximum absolute atomic E-state index is 9.58. The quantitative estimate of drug-likeness (QED) is 0.695. The van der Waals surface area contributed by atoms with Crippen molar-refractivity contribution in [3.05, 3.63) is 95.3 Å². The molecule has 3 aromatic rings. The zero-order chi connectivity index (χ0) is 17.6. The van der Waals surface area contributed by atoms with Crippen LogP contribution < -0.4 is 0 Å². The first kappa shape index (κ1) is 16.8. The lowest BCUT2D eigenvalue weighted by Crippen LogP contribution is -1.95. The zero-order valence-electron chi connectivity index (χ0n) is 14.2. The molecule has 0 aliphatic rings. The molecule has 2 aromatic carbocycles. The number of aromatic nitrogens is 1. The van der Waals surface area contributed by atoms with Crippen LogP contribution in [0.2, 0.25) is 0 Å². The van der Waals surface area contributed by atoms with E-state index in [-0.39, 0.29) is 11.5 Å². The molecule has 3 heteroatoms. The van der Waals surface area contributed by atoms with Gasteiger partial charge in [0.15, 0.2) is 0 Å². The van der Waals surface area contributed by atoms with Gasteiger partial charge < -0.3 is 10.2 Å². The standard InChI is InChI=1S/C22H21NO2/c1-16(4-5-17-3-2-14-23-15-17)22(18-6-10-20(24)11-7-18)19-8-12-21(25)13-9-19/h2-3,6-15,24-25H,4-5H2,1H3. The molecule has 25 heavy (non-hydrogen) atoms. The van der Waals surface area contributed by atoms with Gasteiger partial charge in [-0.05, 0) is 72.4 Å². The van der Waals surface area contributed by atoms with Crippen molar-refractivity contribution in [2.75, 3.05) is 0 Å². The molecule has 0 atom stereocenters. The highest BCUT2D eigenvalue weighted by atomic mass is 16.3. The van der Waals surface area contributed by atoms with E-state index in [0.717, 1.165) is 29.5 Å². The Hall–Kier alpha value is -3.07. The van der Waals surface area contributed by atoms with E-state index in [2.05, 4.69) is 18.0 Å². The molecule has 0 radical (unpaired) electrons. The predicted octanol–water partition coefficient (Wildman–Crippen LogP) is 4.95. The SMILES string of the molecule is CC(CCc1cccnc1)=C(c1ccc(O)cc1)c1ccc(O)cc1. The highest BCUT2D eigenvalue weighted by Gasteiger charge is 2.10. The normalized spacial score (nSPS) is 10.4. The Morgan fingerprint density at radius 2 is 1.40 bits per heavy atom. The summed E-state index contributed by atoms with van der Waals surface area (Å²) in [5.74, 6) is 0.503.